The zero-order valence-corrected chi connectivity index (χ0v) is 16.1. The van der Waals surface area contributed by atoms with E-state index in [1.165, 1.54) is 17.9 Å². The van der Waals surface area contributed by atoms with E-state index in [1.54, 1.807) is 33.2 Å². The third kappa shape index (κ3) is 4.16. The van der Waals surface area contributed by atoms with Crippen LogP contribution in [-0.4, -0.2) is 33.7 Å². The van der Waals surface area contributed by atoms with Crippen molar-refractivity contribution in [3.8, 4) is 5.75 Å². The van der Waals surface area contributed by atoms with Crippen molar-refractivity contribution in [2.75, 3.05) is 12.8 Å². The average Bonchev–Trinajstić information content (AvgIpc) is 3.20. The maximum atomic E-state index is 14.8. The number of ether oxygens (including phenoxy) is 2. The highest BCUT2D eigenvalue weighted by molar-refractivity contribution is 5.93. The minimum absolute atomic E-state index is 0.0229. The highest BCUT2D eigenvalue weighted by Gasteiger charge is 2.20. The minimum atomic E-state index is -0.576. The second-order valence-corrected chi connectivity index (χ2v) is 7.23. The Morgan fingerprint density at radius 1 is 1.43 bits per heavy atom. The number of anilines is 1. The molecule has 0 spiro atoms. The number of nitrogens with zero attached hydrogens (tertiary/aromatic N) is 3. The summed E-state index contributed by atoms with van der Waals surface area (Å²) in [6.07, 6.45) is 2.75. The second-order valence-electron chi connectivity index (χ2n) is 7.23. The van der Waals surface area contributed by atoms with Crippen molar-refractivity contribution >= 4 is 22.9 Å². The summed E-state index contributed by atoms with van der Waals surface area (Å²) in [5.74, 6) is -0.522. The number of amides is 1. The highest BCUT2D eigenvalue weighted by Crippen LogP contribution is 2.35. The van der Waals surface area contributed by atoms with Crippen molar-refractivity contribution in [3.05, 3.63) is 35.4 Å². The van der Waals surface area contributed by atoms with Gasteiger partial charge in [-0.2, -0.15) is 5.10 Å². The van der Waals surface area contributed by atoms with Crippen LogP contribution in [0.5, 0.6) is 5.75 Å². The van der Waals surface area contributed by atoms with Crippen LogP contribution < -0.4 is 15.8 Å². The minimum Gasteiger partial charge on any atom is -0.493 e. The molecule has 0 unspecified atom stereocenters. The number of methoxy groups -OCH3 is 1. The summed E-state index contributed by atoms with van der Waals surface area (Å²) in [5.41, 5.74) is 6.50. The number of benzene rings is 1. The van der Waals surface area contributed by atoms with E-state index in [9.17, 15) is 9.18 Å². The lowest BCUT2D eigenvalue weighted by Crippen LogP contribution is -2.32. The van der Waals surface area contributed by atoms with Crippen LogP contribution in [-0.2, 0) is 17.8 Å². The number of carbonyl (C=O) groups is 1. The van der Waals surface area contributed by atoms with E-state index in [2.05, 4.69) is 15.6 Å². The number of rotatable bonds is 5. The van der Waals surface area contributed by atoms with Gasteiger partial charge in [-0.15, -0.1) is 0 Å². The van der Waals surface area contributed by atoms with Crippen molar-refractivity contribution in [1.82, 2.24) is 20.3 Å². The average molecular weight is 391 g/mol. The first-order chi connectivity index (χ1) is 13.2. The van der Waals surface area contributed by atoms with Crippen molar-refractivity contribution in [2.24, 2.45) is 0 Å². The molecule has 3 rings (SSSR count). The van der Waals surface area contributed by atoms with E-state index in [0.717, 1.165) is 5.56 Å². The van der Waals surface area contributed by atoms with Crippen LogP contribution in [0.1, 0.15) is 31.9 Å². The molecule has 2 heterocycles. The smallest absolute Gasteiger partial charge is 0.407 e. The fourth-order valence-corrected chi connectivity index (χ4v) is 2.67. The number of nitrogens with two attached hydrogens (primary N) is 1. The molecule has 3 aromatic rings. The van der Waals surface area contributed by atoms with Gasteiger partial charge in [-0.3, -0.25) is 4.68 Å². The molecule has 9 nitrogen and oxygen atoms in total. The molecule has 0 aliphatic carbocycles. The molecule has 1 amide bonds. The van der Waals surface area contributed by atoms with Crippen LogP contribution in [0.25, 0.3) is 11.0 Å². The van der Waals surface area contributed by atoms with E-state index in [0.29, 0.717) is 16.5 Å². The monoisotopic (exact) mass is 391 g/mol. The molecule has 0 saturated heterocycles. The summed E-state index contributed by atoms with van der Waals surface area (Å²) in [6, 6.07) is 1.51. The van der Waals surface area contributed by atoms with E-state index in [-0.39, 0.29) is 24.7 Å². The van der Waals surface area contributed by atoms with Gasteiger partial charge >= 0.3 is 6.09 Å². The summed E-state index contributed by atoms with van der Waals surface area (Å²) in [6.45, 7) is 5.72. The molecular weight excluding hydrogens is 369 g/mol. The second kappa shape index (κ2) is 7.37. The zero-order chi connectivity index (χ0) is 20.5. The number of aromatic nitrogens is 3. The Morgan fingerprint density at radius 2 is 2.18 bits per heavy atom. The van der Waals surface area contributed by atoms with Crippen LogP contribution in [0.3, 0.4) is 0 Å². The molecule has 0 atom stereocenters. The van der Waals surface area contributed by atoms with Gasteiger partial charge in [-0.1, -0.05) is 5.16 Å². The van der Waals surface area contributed by atoms with Crippen molar-refractivity contribution in [2.45, 2.75) is 39.5 Å². The number of halogens is 1. The van der Waals surface area contributed by atoms with Crippen molar-refractivity contribution < 1.29 is 23.2 Å². The van der Waals surface area contributed by atoms with Gasteiger partial charge in [0.25, 0.3) is 0 Å². The number of nitrogen functional groups attached to an aromatic ring is 1. The predicted octanol–water partition coefficient (Wildman–Crippen LogP) is 2.83. The summed E-state index contributed by atoms with van der Waals surface area (Å²) in [5, 5.41) is 10.8. The van der Waals surface area contributed by atoms with Gasteiger partial charge in [0, 0.05) is 23.9 Å². The van der Waals surface area contributed by atoms with Gasteiger partial charge in [-0.25, -0.2) is 9.18 Å². The quantitative estimate of drug-likeness (QED) is 0.687. The van der Waals surface area contributed by atoms with Crippen molar-refractivity contribution in [3.63, 3.8) is 0 Å². The van der Waals surface area contributed by atoms with Crippen LogP contribution in [0, 0.1) is 5.82 Å². The largest absolute Gasteiger partial charge is 0.493 e. The normalized spacial score (nSPS) is 11.6. The van der Waals surface area contributed by atoms with Crippen LogP contribution >= 0.6 is 0 Å². The maximum absolute atomic E-state index is 14.8. The van der Waals surface area contributed by atoms with Gasteiger partial charge in [0.15, 0.2) is 23.0 Å². The first-order valence-electron chi connectivity index (χ1n) is 8.56. The summed E-state index contributed by atoms with van der Waals surface area (Å²) in [7, 11) is 1.35. The molecule has 3 N–H and O–H groups in total. The summed E-state index contributed by atoms with van der Waals surface area (Å²) >= 11 is 0. The van der Waals surface area contributed by atoms with E-state index >= 15 is 0 Å². The highest BCUT2D eigenvalue weighted by atomic mass is 19.1. The van der Waals surface area contributed by atoms with Crippen molar-refractivity contribution in [1.29, 1.82) is 0 Å². The molecule has 0 bridgehead atoms. The number of fused-ring (bicyclic) bond motifs is 1. The molecule has 0 aliphatic rings. The summed E-state index contributed by atoms with van der Waals surface area (Å²) in [4.78, 5) is 11.7. The Kier molecular flexibility index (Phi) is 5.12. The molecule has 0 fully saturated rings. The van der Waals surface area contributed by atoms with Crippen LogP contribution in [0.2, 0.25) is 0 Å². The molecule has 2 aromatic heterocycles. The SMILES string of the molecule is COc1c(F)c(Cn2cc(CNC(=O)OC(C)(C)C)cn2)cc2onc(N)c12. The Hall–Kier alpha value is -3.30. The number of alkyl carbamates (subject to hydrolysis) is 1. The molecule has 150 valence electrons. The first-order valence-corrected chi connectivity index (χ1v) is 8.56. The fourth-order valence-electron chi connectivity index (χ4n) is 2.67. The topological polar surface area (TPSA) is 117 Å². The first kappa shape index (κ1) is 19.5. The lowest BCUT2D eigenvalue weighted by atomic mass is 10.1. The maximum Gasteiger partial charge on any atom is 0.407 e. The third-order valence-corrected chi connectivity index (χ3v) is 3.82. The molecule has 28 heavy (non-hydrogen) atoms. The van der Waals surface area contributed by atoms with Crippen LogP contribution in [0.4, 0.5) is 15.0 Å². The predicted molar refractivity (Wildman–Crippen MR) is 99.3 cm³/mol. The fraction of sp³-hybridized carbons (Fsp3) is 0.389. The Balaban J connectivity index is 1.73. The Morgan fingerprint density at radius 3 is 2.86 bits per heavy atom. The van der Waals surface area contributed by atoms with Gasteiger partial charge in [0.1, 0.15) is 11.0 Å². The lowest BCUT2D eigenvalue weighted by molar-refractivity contribution is 0.0523. The van der Waals surface area contributed by atoms with E-state index < -0.39 is 17.5 Å². The third-order valence-electron chi connectivity index (χ3n) is 3.82. The standard InChI is InChI=1S/C18H22FN5O4/c1-18(2,3)27-17(25)21-6-10-7-22-24(8-10)9-11-5-12-13(16(20)23-28-12)15(26-4)14(11)19/h5,7-8H,6,9H2,1-4H3,(H2,20,23)(H,21,25). The summed E-state index contributed by atoms with van der Waals surface area (Å²) < 4.78 is 31.8. The Bertz CT molecular complexity index is 1010. The van der Waals surface area contributed by atoms with Gasteiger partial charge in [-0.05, 0) is 26.8 Å². The van der Waals surface area contributed by atoms with E-state index in [1.807, 2.05) is 0 Å². The molecule has 0 radical (unpaired) electrons. The molecule has 0 aliphatic heterocycles. The molecular formula is C18H22FN5O4. The van der Waals surface area contributed by atoms with Gasteiger partial charge in [0.2, 0.25) is 0 Å². The number of carbonyl (C=O) groups excluding carboxylic acids is 1. The number of nitrogens with one attached hydrogen (secondary N) is 1. The number of hydrogen-bond acceptors (Lipinski definition) is 7. The zero-order valence-electron chi connectivity index (χ0n) is 16.1. The van der Waals surface area contributed by atoms with E-state index in [4.69, 9.17) is 19.7 Å². The van der Waals surface area contributed by atoms with Gasteiger partial charge < -0.3 is 25.0 Å². The lowest BCUT2D eigenvalue weighted by Gasteiger charge is -2.19. The molecule has 1 aromatic carbocycles. The molecule has 10 heteroatoms. The number of hydrogen-bond donors (Lipinski definition) is 2. The molecule has 0 saturated carbocycles. The Labute approximate surface area is 160 Å². The van der Waals surface area contributed by atoms with Crippen LogP contribution in [0.15, 0.2) is 23.0 Å². The van der Waals surface area contributed by atoms with Gasteiger partial charge in [0.05, 0.1) is 19.9 Å².